The van der Waals surface area contributed by atoms with E-state index in [0.717, 1.165) is 15.6 Å². The number of carbonyl (C=O) groups excluding carboxylic acids is 2. The average molecular weight is 370 g/mol. The molecule has 1 aromatic heterocycles. The van der Waals surface area contributed by atoms with Crippen LogP contribution >= 0.6 is 11.3 Å². The predicted octanol–water partition coefficient (Wildman–Crippen LogP) is 5.16. The van der Waals surface area contributed by atoms with Crippen LogP contribution in [0.3, 0.4) is 0 Å². The molecule has 0 saturated carbocycles. The molecule has 0 saturated heterocycles. The van der Waals surface area contributed by atoms with E-state index in [9.17, 15) is 14.0 Å². The first-order valence-corrected chi connectivity index (χ1v) is 9.35. The molecule has 0 spiro atoms. The topological polar surface area (TPSA) is 43.4 Å². The van der Waals surface area contributed by atoms with Crippen molar-refractivity contribution in [2.45, 2.75) is 25.4 Å². The quantitative estimate of drug-likeness (QED) is 0.426. The predicted molar refractivity (Wildman–Crippen MR) is 101 cm³/mol. The summed E-state index contributed by atoms with van der Waals surface area (Å²) in [6.07, 6.45) is -2.04. The summed E-state index contributed by atoms with van der Waals surface area (Å²) in [4.78, 5) is 25.5. The maximum absolute atomic E-state index is 14.3. The molecule has 2 aromatic carbocycles. The number of fused-ring (bicyclic) bond motifs is 1. The summed E-state index contributed by atoms with van der Waals surface area (Å²) >= 11 is 1.39. The second kappa shape index (κ2) is 8.23. The first kappa shape index (κ1) is 18.3. The second-order valence-corrected chi connectivity index (χ2v) is 6.93. The van der Waals surface area contributed by atoms with Gasteiger partial charge >= 0.3 is 5.97 Å². The van der Waals surface area contributed by atoms with E-state index in [4.69, 9.17) is 4.74 Å². The molecule has 0 fully saturated rings. The molecule has 134 valence electrons. The molecule has 0 aliphatic heterocycles. The largest absolute Gasteiger partial charge is 0.464 e. The zero-order chi connectivity index (χ0) is 18.5. The van der Waals surface area contributed by atoms with Crippen molar-refractivity contribution < 1.29 is 18.7 Å². The van der Waals surface area contributed by atoms with Crippen molar-refractivity contribution in [3.05, 3.63) is 70.4 Å². The van der Waals surface area contributed by atoms with E-state index in [1.54, 1.807) is 19.1 Å². The molecule has 3 rings (SSSR count). The minimum Gasteiger partial charge on any atom is -0.464 e. The molecule has 0 amide bonds. The van der Waals surface area contributed by atoms with Gasteiger partial charge in [0.05, 0.1) is 12.5 Å². The van der Waals surface area contributed by atoms with Gasteiger partial charge < -0.3 is 4.74 Å². The summed E-state index contributed by atoms with van der Waals surface area (Å²) in [7, 11) is 0. The number of alkyl halides is 1. The summed E-state index contributed by atoms with van der Waals surface area (Å²) in [5.41, 5.74) is 0.512. The van der Waals surface area contributed by atoms with Gasteiger partial charge in [0.15, 0.2) is 12.0 Å². The Morgan fingerprint density at radius 3 is 2.54 bits per heavy atom. The van der Waals surface area contributed by atoms with E-state index >= 15 is 0 Å². The maximum Gasteiger partial charge on any atom is 0.340 e. The molecule has 0 bridgehead atoms. The summed E-state index contributed by atoms with van der Waals surface area (Å²) in [6.45, 7) is 1.74. The third-order valence-corrected chi connectivity index (χ3v) is 5.21. The van der Waals surface area contributed by atoms with Crippen LogP contribution in [0.15, 0.2) is 60.0 Å². The molecule has 5 heteroatoms. The highest BCUT2D eigenvalue weighted by atomic mass is 32.1. The van der Waals surface area contributed by atoms with Gasteiger partial charge in [0, 0.05) is 16.9 Å². The molecule has 3 aromatic rings. The Labute approximate surface area is 155 Å². The Hall–Kier alpha value is -2.53. The third-order valence-electron chi connectivity index (χ3n) is 4.22. The standard InChI is InChI=1S/C21H19FO3S/c1-2-25-21(24)18(22)13-17(19-8-5-11-26-19)20(23)16-10-9-14-6-3-4-7-15(14)12-16/h3-12,17-18H,2,13H2,1H3. The van der Waals surface area contributed by atoms with E-state index in [2.05, 4.69) is 0 Å². The number of Topliss-reactive ketones (excluding diaryl/α,β-unsaturated/α-hetero) is 1. The number of thiophene rings is 1. The van der Waals surface area contributed by atoms with Crippen LogP contribution in [0.1, 0.15) is 34.5 Å². The normalized spacial score (nSPS) is 13.3. The zero-order valence-electron chi connectivity index (χ0n) is 14.4. The molecular weight excluding hydrogens is 351 g/mol. The molecular formula is C21H19FO3S. The lowest BCUT2D eigenvalue weighted by molar-refractivity contribution is -0.149. The van der Waals surface area contributed by atoms with E-state index in [-0.39, 0.29) is 18.8 Å². The van der Waals surface area contributed by atoms with Crippen LogP contribution < -0.4 is 0 Å². The number of esters is 1. The highest BCUT2D eigenvalue weighted by molar-refractivity contribution is 7.10. The summed E-state index contributed by atoms with van der Waals surface area (Å²) in [5, 5.41) is 3.82. The van der Waals surface area contributed by atoms with Gasteiger partial charge in [-0.1, -0.05) is 42.5 Å². The smallest absolute Gasteiger partial charge is 0.340 e. The van der Waals surface area contributed by atoms with Crippen LogP contribution in [0.4, 0.5) is 4.39 Å². The Kier molecular flexibility index (Phi) is 5.78. The fourth-order valence-corrected chi connectivity index (χ4v) is 3.76. The fourth-order valence-electron chi connectivity index (χ4n) is 2.92. The van der Waals surface area contributed by atoms with Crippen molar-refractivity contribution in [3.63, 3.8) is 0 Å². The SMILES string of the molecule is CCOC(=O)C(F)CC(C(=O)c1ccc2ccccc2c1)c1cccs1. The fraction of sp³-hybridized carbons (Fsp3) is 0.238. The number of hydrogen-bond donors (Lipinski definition) is 0. The lowest BCUT2D eigenvalue weighted by Gasteiger charge is -2.17. The van der Waals surface area contributed by atoms with Gasteiger partial charge in [0.1, 0.15) is 0 Å². The molecule has 2 unspecified atom stereocenters. The van der Waals surface area contributed by atoms with Crippen LogP contribution in [0.25, 0.3) is 10.8 Å². The average Bonchev–Trinajstić information content (AvgIpc) is 3.19. The van der Waals surface area contributed by atoms with E-state index in [1.165, 1.54) is 11.3 Å². The van der Waals surface area contributed by atoms with Gasteiger partial charge in [0.2, 0.25) is 0 Å². The molecule has 0 aliphatic carbocycles. The molecule has 0 N–H and O–H groups in total. The van der Waals surface area contributed by atoms with E-state index < -0.39 is 18.1 Å². The van der Waals surface area contributed by atoms with Gasteiger partial charge in [0.25, 0.3) is 0 Å². The molecule has 3 nitrogen and oxygen atoms in total. The first-order chi connectivity index (χ1) is 12.6. The molecule has 0 aliphatic rings. The summed E-state index contributed by atoms with van der Waals surface area (Å²) in [5.74, 6) is -1.82. The van der Waals surface area contributed by atoms with Crippen molar-refractivity contribution >= 4 is 33.9 Å². The van der Waals surface area contributed by atoms with Crippen LogP contribution in [0.2, 0.25) is 0 Å². The van der Waals surface area contributed by atoms with Gasteiger partial charge in [-0.15, -0.1) is 11.3 Å². The van der Waals surface area contributed by atoms with Crippen molar-refractivity contribution in [1.82, 2.24) is 0 Å². The van der Waals surface area contributed by atoms with Gasteiger partial charge in [-0.3, -0.25) is 4.79 Å². The number of carbonyl (C=O) groups is 2. The van der Waals surface area contributed by atoms with Crippen LogP contribution in [-0.4, -0.2) is 24.5 Å². The van der Waals surface area contributed by atoms with Crippen molar-refractivity contribution in [1.29, 1.82) is 0 Å². The lowest BCUT2D eigenvalue weighted by Crippen LogP contribution is -2.24. The Balaban J connectivity index is 1.90. The van der Waals surface area contributed by atoms with Crippen molar-refractivity contribution in [2.75, 3.05) is 6.61 Å². The lowest BCUT2D eigenvalue weighted by atomic mass is 9.90. The molecule has 26 heavy (non-hydrogen) atoms. The Bertz CT molecular complexity index is 905. The van der Waals surface area contributed by atoms with Crippen LogP contribution in [0.5, 0.6) is 0 Å². The minimum absolute atomic E-state index is 0.113. The van der Waals surface area contributed by atoms with Gasteiger partial charge in [-0.05, 0) is 35.2 Å². The highest BCUT2D eigenvalue weighted by Crippen LogP contribution is 2.31. The van der Waals surface area contributed by atoms with Crippen molar-refractivity contribution in [3.8, 4) is 0 Å². The Morgan fingerprint density at radius 2 is 1.85 bits per heavy atom. The second-order valence-electron chi connectivity index (χ2n) is 5.95. The summed E-state index contributed by atoms with van der Waals surface area (Å²) in [6, 6.07) is 16.8. The molecule has 0 radical (unpaired) electrons. The Morgan fingerprint density at radius 1 is 1.08 bits per heavy atom. The number of ketones is 1. The maximum atomic E-state index is 14.3. The number of hydrogen-bond acceptors (Lipinski definition) is 4. The monoisotopic (exact) mass is 370 g/mol. The van der Waals surface area contributed by atoms with Gasteiger partial charge in [-0.25, -0.2) is 9.18 Å². The third kappa shape index (κ3) is 3.99. The van der Waals surface area contributed by atoms with E-state index in [0.29, 0.717) is 5.56 Å². The number of rotatable bonds is 7. The number of halogens is 1. The van der Waals surface area contributed by atoms with E-state index in [1.807, 2.05) is 47.8 Å². The minimum atomic E-state index is -1.83. The molecule has 2 atom stereocenters. The zero-order valence-corrected chi connectivity index (χ0v) is 15.2. The van der Waals surface area contributed by atoms with Gasteiger partial charge in [-0.2, -0.15) is 0 Å². The number of ether oxygens (including phenoxy) is 1. The number of benzene rings is 2. The highest BCUT2D eigenvalue weighted by Gasteiger charge is 2.30. The summed E-state index contributed by atoms with van der Waals surface area (Å²) < 4.78 is 19.1. The van der Waals surface area contributed by atoms with Crippen LogP contribution in [-0.2, 0) is 9.53 Å². The van der Waals surface area contributed by atoms with Crippen molar-refractivity contribution in [2.24, 2.45) is 0 Å². The molecule has 1 heterocycles. The van der Waals surface area contributed by atoms with Crippen LogP contribution in [0, 0.1) is 0 Å². The first-order valence-electron chi connectivity index (χ1n) is 8.47.